The van der Waals surface area contributed by atoms with E-state index < -0.39 is 11.7 Å². The number of rotatable bonds is 8. The molecule has 1 saturated heterocycles. The number of nitrogens with one attached hydrogen (secondary N) is 2. The monoisotopic (exact) mass is 519 g/mol. The second-order valence-electron chi connectivity index (χ2n) is 9.76. The zero-order chi connectivity index (χ0) is 26.3. The molecule has 4 N–H and O–H groups in total. The predicted octanol–water partition coefficient (Wildman–Crippen LogP) is 3.01. The smallest absolute Gasteiger partial charge is 0.271 e. The van der Waals surface area contributed by atoms with Gasteiger partial charge in [0.1, 0.15) is 11.8 Å². The number of benzene rings is 1. The molecule has 2 aliphatic carbocycles. The van der Waals surface area contributed by atoms with E-state index in [4.69, 9.17) is 19.9 Å². The fourth-order valence-electron chi connectivity index (χ4n) is 5.25. The Morgan fingerprint density at radius 1 is 1.16 bits per heavy atom. The number of carbonyl (C=O) groups is 2. The van der Waals surface area contributed by atoms with Crippen LogP contribution in [0.4, 0.5) is 17.2 Å². The van der Waals surface area contributed by atoms with E-state index in [2.05, 4.69) is 25.9 Å². The number of amides is 2. The van der Waals surface area contributed by atoms with Crippen LogP contribution in [0.15, 0.2) is 36.7 Å². The summed E-state index contributed by atoms with van der Waals surface area (Å²) in [6.45, 7) is 1.19. The molecular weight excluding hydrogens is 490 g/mol. The number of carbonyl (C=O) groups excluding carboxylic acids is 2. The third kappa shape index (κ3) is 4.45. The van der Waals surface area contributed by atoms with Gasteiger partial charge in [0, 0.05) is 35.7 Å². The van der Waals surface area contributed by atoms with Gasteiger partial charge in [0.2, 0.25) is 5.91 Å². The van der Waals surface area contributed by atoms with Crippen molar-refractivity contribution in [2.24, 2.45) is 11.7 Å². The van der Waals surface area contributed by atoms with Gasteiger partial charge in [0.25, 0.3) is 5.91 Å². The summed E-state index contributed by atoms with van der Waals surface area (Å²) in [7, 11) is 1.57. The summed E-state index contributed by atoms with van der Waals surface area (Å²) in [5, 5.41) is 18.5. The zero-order valence-corrected chi connectivity index (χ0v) is 21.0. The Kier molecular flexibility index (Phi) is 6.20. The van der Waals surface area contributed by atoms with Crippen LogP contribution in [0.3, 0.4) is 0 Å². The molecule has 6 rings (SSSR count). The van der Waals surface area contributed by atoms with Gasteiger partial charge in [-0.25, -0.2) is 0 Å². The molecule has 2 aromatic heterocycles. The van der Waals surface area contributed by atoms with Crippen molar-refractivity contribution >= 4 is 29.0 Å². The molecule has 1 atom stereocenters. The molecule has 38 heavy (non-hydrogen) atoms. The lowest BCUT2D eigenvalue weighted by atomic mass is 10.1. The van der Waals surface area contributed by atoms with Crippen LogP contribution in [-0.4, -0.2) is 57.9 Å². The van der Waals surface area contributed by atoms with Crippen LogP contribution in [0, 0.1) is 5.92 Å². The summed E-state index contributed by atoms with van der Waals surface area (Å²) in [4.78, 5) is 24.3. The second-order valence-corrected chi connectivity index (χ2v) is 9.76. The third-order valence-corrected chi connectivity index (χ3v) is 7.23. The first-order valence-corrected chi connectivity index (χ1v) is 12.7. The van der Waals surface area contributed by atoms with Crippen molar-refractivity contribution in [1.82, 2.24) is 20.0 Å². The number of ether oxygens (including phenoxy) is 3. The molecular formula is C26H29N7O5. The number of primary amides is 1. The normalized spacial score (nSPS) is 20.0. The maximum absolute atomic E-state index is 12.2. The van der Waals surface area contributed by atoms with E-state index in [0.29, 0.717) is 30.3 Å². The van der Waals surface area contributed by atoms with Crippen molar-refractivity contribution in [3.63, 3.8) is 0 Å². The summed E-state index contributed by atoms with van der Waals surface area (Å²) < 4.78 is 19.7. The molecule has 2 amide bonds. The number of nitrogens with zero attached hydrogens (tertiary/aromatic N) is 4. The van der Waals surface area contributed by atoms with Crippen molar-refractivity contribution in [1.29, 1.82) is 0 Å². The maximum Gasteiger partial charge on any atom is 0.271 e. The predicted molar refractivity (Wildman–Crippen MR) is 137 cm³/mol. The Labute approximate surface area is 218 Å². The highest BCUT2D eigenvalue weighted by Crippen LogP contribution is 2.46. The first-order chi connectivity index (χ1) is 18.5. The van der Waals surface area contributed by atoms with Crippen LogP contribution in [0.25, 0.3) is 11.1 Å². The van der Waals surface area contributed by atoms with Crippen LogP contribution < -0.4 is 21.1 Å². The average molecular weight is 520 g/mol. The van der Waals surface area contributed by atoms with Crippen LogP contribution >= 0.6 is 0 Å². The van der Waals surface area contributed by atoms with Crippen molar-refractivity contribution in [2.75, 3.05) is 31.0 Å². The molecule has 0 radical (unpaired) electrons. The van der Waals surface area contributed by atoms with Crippen LogP contribution in [0.1, 0.15) is 48.6 Å². The van der Waals surface area contributed by atoms with Crippen LogP contribution in [0.2, 0.25) is 0 Å². The van der Waals surface area contributed by atoms with E-state index in [1.54, 1.807) is 19.4 Å². The van der Waals surface area contributed by atoms with E-state index in [1.165, 1.54) is 0 Å². The first-order valence-electron chi connectivity index (χ1n) is 12.7. The van der Waals surface area contributed by atoms with E-state index in [1.807, 2.05) is 29.1 Å². The van der Waals surface area contributed by atoms with Gasteiger partial charge in [-0.05, 0) is 31.7 Å². The first kappa shape index (κ1) is 24.3. The highest BCUT2D eigenvalue weighted by Gasteiger charge is 2.49. The van der Waals surface area contributed by atoms with Gasteiger partial charge in [0.05, 0.1) is 37.9 Å². The molecule has 3 aromatic rings. The van der Waals surface area contributed by atoms with Crippen molar-refractivity contribution in [3.05, 3.63) is 42.4 Å². The highest BCUT2D eigenvalue weighted by molar-refractivity contribution is 5.99. The number of hydrogen-bond donors (Lipinski definition) is 3. The summed E-state index contributed by atoms with van der Waals surface area (Å²) in [6, 6.07) is 7.15. The standard InChI is InChI=1S/C26H29N7O5/c1-36-23-17(16-13-28-33(14-16)20-6-3-9-26(20)37-10-11-38-26)4-2-5-18(23)29-19-12-21(30-25(35)15-7-8-15)31-32-22(19)24(27)34/h2,4-5,12-15,20H,3,6-11H2,1H3,(H2,27,34)(H2,29,30,31,35)/t20-/m1/s1. The molecule has 1 aromatic carbocycles. The lowest BCUT2D eigenvalue weighted by molar-refractivity contribution is -0.177. The number of nitrogens with two attached hydrogens (primary N) is 1. The van der Waals surface area contributed by atoms with Gasteiger partial charge < -0.3 is 30.6 Å². The highest BCUT2D eigenvalue weighted by atomic mass is 16.7. The number of hydrogen-bond acceptors (Lipinski definition) is 9. The average Bonchev–Trinajstić information content (AvgIpc) is 3.28. The minimum absolute atomic E-state index is 0.00339. The maximum atomic E-state index is 12.2. The third-order valence-electron chi connectivity index (χ3n) is 7.23. The number of anilines is 3. The molecule has 198 valence electrons. The van der Waals surface area contributed by atoms with E-state index >= 15 is 0 Å². The molecule has 3 fully saturated rings. The van der Waals surface area contributed by atoms with Gasteiger partial charge in [-0.15, -0.1) is 10.2 Å². The Balaban J connectivity index is 1.30. The number of para-hydroxylation sites is 1. The number of methoxy groups -OCH3 is 1. The summed E-state index contributed by atoms with van der Waals surface area (Å²) in [5.74, 6) is -0.717. The van der Waals surface area contributed by atoms with E-state index in [-0.39, 0.29) is 29.4 Å². The molecule has 1 aliphatic heterocycles. The van der Waals surface area contributed by atoms with Crippen molar-refractivity contribution in [3.8, 4) is 16.9 Å². The number of aromatic nitrogens is 4. The van der Waals surface area contributed by atoms with Crippen LogP contribution in [0.5, 0.6) is 5.75 Å². The van der Waals surface area contributed by atoms with Gasteiger partial charge in [0.15, 0.2) is 17.3 Å². The van der Waals surface area contributed by atoms with Gasteiger partial charge in [-0.3, -0.25) is 14.3 Å². The Bertz CT molecular complexity index is 1370. The van der Waals surface area contributed by atoms with Gasteiger partial charge >= 0.3 is 0 Å². The lowest BCUT2D eigenvalue weighted by Crippen LogP contribution is -2.36. The summed E-state index contributed by atoms with van der Waals surface area (Å²) in [5.41, 5.74) is 8.02. The summed E-state index contributed by atoms with van der Waals surface area (Å²) >= 11 is 0. The van der Waals surface area contributed by atoms with Crippen LogP contribution in [-0.2, 0) is 14.3 Å². The molecule has 2 saturated carbocycles. The quantitative estimate of drug-likeness (QED) is 0.407. The van der Waals surface area contributed by atoms with E-state index in [9.17, 15) is 9.59 Å². The fourth-order valence-corrected chi connectivity index (χ4v) is 5.25. The Morgan fingerprint density at radius 3 is 2.71 bits per heavy atom. The largest absolute Gasteiger partial charge is 0.494 e. The SMILES string of the molecule is COc1c(Nc2cc(NC(=O)C3CC3)nnc2C(N)=O)cccc1-c1cnn([C@@H]2CCCC23OCCO3)c1. The molecule has 0 unspecified atom stereocenters. The minimum Gasteiger partial charge on any atom is -0.494 e. The van der Waals surface area contributed by atoms with Crippen molar-refractivity contribution < 1.29 is 23.8 Å². The Hall–Kier alpha value is -4.03. The molecule has 12 heteroatoms. The van der Waals surface area contributed by atoms with Gasteiger partial charge in [-0.2, -0.15) is 5.10 Å². The van der Waals surface area contributed by atoms with E-state index in [0.717, 1.165) is 43.2 Å². The topological polar surface area (TPSA) is 156 Å². The summed E-state index contributed by atoms with van der Waals surface area (Å²) in [6.07, 6.45) is 8.24. The van der Waals surface area contributed by atoms with Crippen molar-refractivity contribution in [2.45, 2.75) is 43.9 Å². The molecule has 12 nitrogen and oxygen atoms in total. The zero-order valence-electron chi connectivity index (χ0n) is 21.0. The molecule has 1 spiro atoms. The fraction of sp³-hybridized carbons (Fsp3) is 0.423. The lowest BCUT2D eigenvalue weighted by Gasteiger charge is -2.29. The second kappa shape index (κ2) is 9.69. The molecule has 3 heterocycles. The molecule has 0 bridgehead atoms. The minimum atomic E-state index is -0.752. The Morgan fingerprint density at radius 2 is 1.97 bits per heavy atom. The molecule has 3 aliphatic rings. The van der Waals surface area contributed by atoms with Gasteiger partial charge in [-0.1, -0.05) is 12.1 Å².